The molecule has 1 aliphatic heterocycles. The predicted molar refractivity (Wildman–Crippen MR) is 82.7 cm³/mol. The van der Waals surface area contributed by atoms with Crippen LogP contribution in [0.2, 0.25) is 0 Å². The van der Waals surface area contributed by atoms with Gasteiger partial charge in [-0.1, -0.05) is 31.7 Å². The lowest BCUT2D eigenvalue weighted by Crippen LogP contribution is -2.56. The summed E-state index contributed by atoms with van der Waals surface area (Å²) in [6.07, 6.45) is 8.62. The third-order valence-corrected chi connectivity index (χ3v) is 5.14. The zero-order valence-electron chi connectivity index (χ0n) is 12.3. The first-order chi connectivity index (χ1) is 9.10. The van der Waals surface area contributed by atoms with Gasteiger partial charge in [-0.15, -0.1) is 0 Å². The van der Waals surface area contributed by atoms with Crippen molar-refractivity contribution >= 4 is 11.4 Å². The molecule has 1 heterocycles. The maximum absolute atomic E-state index is 6.07. The Labute approximate surface area is 117 Å². The van der Waals surface area contributed by atoms with Crippen molar-refractivity contribution in [2.24, 2.45) is 5.41 Å². The monoisotopic (exact) mass is 258 g/mol. The maximum atomic E-state index is 6.07. The van der Waals surface area contributed by atoms with Crippen molar-refractivity contribution in [2.75, 3.05) is 23.7 Å². The van der Waals surface area contributed by atoms with Crippen molar-refractivity contribution in [3.8, 4) is 0 Å². The Balaban J connectivity index is 1.74. The fourth-order valence-corrected chi connectivity index (χ4v) is 3.93. The number of benzene rings is 1. The zero-order valence-corrected chi connectivity index (χ0v) is 12.3. The van der Waals surface area contributed by atoms with E-state index < -0.39 is 0 Å². The van der Waals surface area contributed by atoms with Gasteiger partial charge in [0.1, 0.15) is 0 Å². The first-order valence-corrected chi connectivity index (χ1v) is 7.71. The standard InChI is InChI=1S/C17H26N2/c1-13-9-14(2)16(10-15(13)18)19-11-17(12-19)7-5-3-4-6-8-17/h9-10H,3-8,11-12,18H2,1-2H3. The van der Waals surface area contributed by atoms with E-state index in [9.17, 15) is 0 Å². The Morgan fingerprint density at radius 2 is 1.58 bits per heavy atom. The Morgan fingerprint density at radius 1 is 0.947 bits per heavy atom. The van der Waals surface area contributed by atoms with Crippen molar-refractivity contribution in [3.05, 3.63) is 23.3 Å². The molecule has 1 aromatic carbocycles. The van der Waals surface area contributed by atoms with Gasteiger partial charge >= 0.3 is 0 Å². The van der Waals surface area contributed by atoms with E-state index in [1.807, 2.05) is 0 Å². The van der Waals surface area contributed by atoms with Crippen LogP contribution in [0.3, 0.4) is 0 Å². The molecule has 0 radical (unpaired) electrons. The van der Waals surface area contributed by atoms with Crippen molar-refractivity contribution in [1.82, 2.24) is 0 Å². The molecule has 0 aromatic heterocycles. The molecule has 0 unspecified atom stereocenters. The number of anilines is 2. The molecule has 2 nitrogen and oxygen atoms in total. The Kier molecular flexibility index (Phi) is 3.20. The number of nitrogens with zero attached hydrogens (tertiary/aromatic N) is 1. The zero-order chi connectivity index (χ0) is 13.5. The van der Waals surface area contributed by atoms with Gasteiger partial charge in [0.15, 0.2) is 0 Å². The van der Waals surface area contributed by atoms with E-state index in [1.54, 1.807) is 0 Å². The Morgan fingerprint density at radius 3 is 2.21 bits per heavy atom. The van der Waals surface area contributed by atoms with E-state index >= 15 is 0 Å². The smallest absolute Gasteiger partial charge is 0.0417 e. The third-order valence-electron chi connectivity index (χ3n) is 5.14. The van der Waals surface area contributed by atoms with E-state index in [0.29, 0.717) is 5.41 Å². The van der Waals surface area contributed by atoms with Gasteiger partial charge in [-0.05, 0) is 43.9 Å². The van der Waals surface area contributed by atoms with Gasteiger partial charge < -0.3 is 10.6 Å². The van der Waals surface area contributed by atoms with Crippen molar-refractivity contribution in [2.45, 2.75) is 52.4 Å². The number of nitrogens with two attached hydrogens (primary N) is 1. The summed E-state index contributed by atoms with van der Waals surface area (Å²) in [4.78, 5) is 2.54. The number of aryl methyl sites for hydroxylation is 2. The molecule has 2 heteroatoms. The minimum atomic E-state index is 0.628. The molecule has 2 aliphatic rings. The largest absolute Gasteiger partial charge is 0.398 e. The van der Waals surface area contributed by atoms with Crippen LogP contribution in [0.5, 0.6) is 0 Å². The highest BCUT2D eigenvalue weighted by molar-refractivity contribution is 5.65. The molecule has 1 aliphatic carbocycles. The molecule has 104 valence electrons. The summed E-state index contributed by atoms with van der Waals surface area (Å²) in [5, 5.41) is 0. The molecule has 0 bridgehead atoms. The SMILES string of the molecule is Cc1cc(C)c(N2CC3(CCCCCC3)C2)cc1N. The lowest BCUT2D eigenvalue weighted by Gasteiger charge is -2.52. The predicted octanol–water partition coefficient (Wildman–Crippen LogP) is 4.05. The highest BCUT2D eigenvalue weighted by Crippen LogP contribution is 2.45. The number of hydrogen-bond acceptors (Lipinski definition) is 2. The lowest BCUT2D eigenvalue weighted by molar-refractivity contribution is 0.180. The summed E-state index contributed by atoms with van der Waals surface area (Å²) >= 11 is 0. The fraction of sp³-hybridized carbons (Fsp3) is 0.647. The van der Waals surface area contributed by atoms with Gasteiger partial charge in [-0.2, -0.15) is 0 Å². The quantitative estimate of drug-likeness (QED) is 0.770. The van der Waals surface area contributed by atoms with E-state index in [-0.39, 0.29) is 0 Å². The second-order valence-electron chi connectivity index (χ2n) is 6.77. The molecule has 0 atom stereocenters. The maximum Gasteiger partial charge on any atom is 0.0417 e. The van der Waals surface area contributed by atoms with Crippen LogP contribution in [0.15, 0.2) is 12.1 Å². The second kappa shape index (κ2) is 4.73. The van der Waals surface area contributed by atoms with Crippen molar-refractivity contribution in [3.63, 3.8) is 0 Å². The van der Waals surface area contributed by atoms with Crippen LogP contribution in [-0.2, 0) is 0 Å². The first kappa shape index (κ1) is 12.8. The molecule has 1 saturated heterocycles. The van der Waals surface area contributed by atoms with Crippen LogP contribution in [0.25, 0.3) is 0 Å². The van der Waals surface area contributed by atoms with E-state index in [1.165, 1.54) is 68.4 Å². The summed E-state index contributed by atoms with van der Waals surface area (Å²) in [5.74, 6) is 0. The number of nitrogen functional groups attached to an aromatic ring is 1. The third kappa shape index (κ3) is 2.33. The molecular formula is C17H26N2. The van der Waals surface area contributed by atoms with Crippen LogP contribution < -0.4 is 10.6 Å². The van der Waals surface area contributed by atoms with Gasteiger partial charge in [0.25, 0.3) is 0 Å². The molecule has 1 saturated carbocycles. The Bertz CT molecular complexity index is 462. The van der Waals surface area contributed by atoms with Crippen LogP contribution >= 0.6 is 0 Å². The average Bonchev–Trinajstić information content (AvgIpc) is 2.58. The molecule has 2 fully saturated rings. The van der Waals surface area contributed by atoms with E-state index in [4.69, 9.17) is 5.73 Å². The van der Waals surface area contributed by atoms with Gasteiger partial charge in [0.2, 0.25) is 0 Å². The molecule has 0 amide bonds. The second-order valence-corrected chi connectivity index (χ2v) is 6.77. The van der Waals surface area contributed by atoms with Gasteiger partial charge in [-0.3, -0.25) is 0 Å². The van der Waals surface area contributed by atoms with Crippen LogP contribution in [-0.4, -0.2) is 13.1 Å². The van der Waals surface area contributed by atoms with Crippen LogP contribution in [0.4, 0.5) is 11.4 Å². The fourth-order valence-electron chi connectivity index (χ4n) is 3.93. The van der Waals surface area contributed by atoms with Gasteiger partial charge in [0.05, 0.1) is 0 Å². The first-order valence-electron chi connectivity index (χ1n) is 7.71. The number of rotatable bonds is 1. The minimum absolute atomic E-state index is 0.628. The van der Waals surface area contributed by atoms with Gasteiger partial charge in [0, 0.05) is 29.9 Å². The summed E-state index contributed by atoms with van der Waals surface area (Å²) in [6.45, 7) is 6.79. The minimum Gasteiger partial charge on any atom is -0.398 e. The van der Waals surface area contributed by atoms with Crippen LogP contribution in [0.1, 0.15) is 49.7 Å². The molecule has 2 N–H and O–H groups in total. The van der Waals surface area contributed by atoms with Crippen LogP contribution in [0, 0.1) is 19.3 Å². The average molecular weight is 258 g/mol. The molecule has 1 spiro atoms. The Hall–Kier alpha value is -1.18. The summed E-state index contributed by atoms with van der Waals surface area (Å²) < 4.78 is 0. The molecule has 1 aromatic rings. The molecular weight excluding hydrogens is 232 g/mol. The highest BCUT2D eigenvalue weighted by atomic mass is 15.2. The number of hydrogen-bond donors (Lipinski definition) is 1. The summed E-state index contributed by atoms with van der Waals surface area (Å²) in [6, 6.07) is 4.40. The van der Waals surface area contributed by atoms with E-state index in [2.05, 4.69) is 30.9 Å². The van der Waals surface area contributed by atoms with Gasteiger partial charge in [-0.25, -0.2) is 0 Å². The van der Waals surface area contributed by atoms with E-state index in [0.717, 1.165) is 5.69 Å². The summed E-state index contributed by atoms with van der Waals surface area (Å²) in [7, 11) is 0. The summed E-state index contributed by atoms with van der Waals surface area (Å²) in [5.41, 5.74) is 11.6. The topological polar surface area (TPSA) is 29.3 Å². The highest BCUT2D eigenvalue weighted by Gasteiger charge is 2.42. The van der Waals surface area contributed by atoms with Crippen molar-refractivity contribution in [1.29, 1.82) is 0 Å². The van der Waals surface area contributed by atoms with Crippen molar-refractivity contribution < 1.29 is 0 Å². The lowest BCUT2D eigenvalue weighted by atomic mass is 9.73. The molecule has 19 heavy (non-hydrogen) atoms. The molecule has 3 rings (SSSR count). The normalized spacial score (nSPS) is 22.1.